The Morgan fingerprint density at radius 2 is 2.20 bits per heavy atom. The maximum absolute atomic E-state index is 6.18. The van der Waals surface area contributed by atoms with Crippen molar-refractivity contribution in [1.29, 1.82) is 0 Å². The predicted molar refractivity (Wildman–Crippen MR) is 63.9 cm³/mol. The van der Waals surface area contributed by atoms with E-state index in [1.807, 2.05) is 12.3 Å². The van der Waals surface area contributed by atoms with Crippen LogP contribution in [-0.2, 0) is 0 Å². The molecule has 15 heavy (non-hydrogen) atoms. The third kappa shape index (κ3) is 2.58. The van der Waals surface area contributed by atoms with Crippen LogP contribution >= 0.6 is 23.4 Å². The van der Waals surface area contributed by atoms with Crippen molar-refractivity contribution in [1.82, 2.24) is 4.98 Å². The van der Waals surface area contributed by atoms with Gasteiger partial charge in [0.1, 0.15) is 11.1 Å². The van der Waals surface area contributed by atoms with Gasteiger partial charge in [-0.05, 0) is 38.0 Å². The quantitative estimate of drug-likeness (QED) is 0.755. The molecule has 0 aromatic carbocycles. The molecular formula is C11H14ClNOS. The van der Waals surface area contributed by atoms with E-state index in [2.05, 4.69) is 4.98 Å². The fourth-order valence-corrected chi connectivity index (χ4v) is 2.66. The fraction of sp³-hybridized carbons (Fsp3) is 0.545. The van der Waals surface area contributed by atoms with Crippen molar-refractivity contribution in [3.8, 4) is 5.88 Å². The summed E-state index contributed by atoms with van der Waals surface area (Å²) in [6, 6.07) is 1.91. The highest BCUT2D eigenvalue weighted by molar-refractivity contribution is 7.98. The molecule has 0 atom stereocenters. The fourth-order valence-electron chi connectivity index (χ4n) is 1.81. The van der Waals surface area contributed by atoms with Gasteiger partial charge in [-0.25, -0.2) is 4.98 Å². The number of rotatable bonds is 3. The van der Waals surface area contributed by atoms with E-state index in [9.17, 15) is 0 Å². The van der Waals surface area contributed by atoms with Gasteiger partial charge in [0.15, 0.2) is 0 Å². The average molecular weight is 244 g/mol. The van der Waals surface area contributed by atoms with E-state index in [1.54, 1.807) is 18.0 Å². The molecule has 1 heterocycles. The molecular weight excluding hydrogens is 230 g/mol. The van der Waals surface area contributed by atoms with Gasteiger partial charge < -0.3 is 4.74 Å². The molecule has 0 amide bonds. The molecule has 2 rings (SSSR count). The van der Waals surface area contributed by atoms with E-state index < -0.39 is 0 Å². The van der Waals surface area contributed by atoms with Crippen molar-refractivity contribution in [3.63, 3.8) is 0 Å². The van der Waals surface area contributed by atoms with Crippen LogP contribution in [0.1, 0.15) is 25.7 Å². The van der Waals surface area contributed by atoms with Gasteiger partial charge in [-0.3, -0.25) is 0 Å². The standard InChI is InChI=1S/C11H14ClNOS/c1-15-9-6-7-13-11(10(9)12)14-8-4-2-3-5-8/h6-8H,2-5H2,1H3. The number of halogens is 1. The average Bonchev–Trinajstić information content (AvgIpc) is 2.74. The zero-order valence-electron chi connectivity index (χ0n) is 8.70. The minimum absolute atomic E-state index is 0.312. The Kier molecular flexibility index (Phi) is 3.76. The molecule has 0 unspecified atom stereocenters. The lowest BCUT2D eigenvalue weighted by Gasteiger charge is -2.13. The Bertz CT molecular complexity index is 339. The van der Waals surface area contributed by atoms with Crippen molar-refractivity contribution in [2.45, 2.75) is 36.7 Å². The minimum Gasteiger partial charge on any atom is -0.473 e. The number of ether oxygens (including phenoxy) is 1. The Labute approximate surface area is 99.4 Å². The van der Waals surface area contributed by atoms with Gasteiger partial charge in [0.2, 0.25) is 5.88 Å². The van der Waals surface area contributed by atoms with Gasteiger partial charge in [0.05, 0.1) is 0 Å². The van der Waals surface area contributed by atoms with Gasteiger partial charge in [0, 0.05) is 11.1 Å². The lowest BCUT2D eigenvalue weighted by molar-refractivity contribution is 0.201. The Morgan fingerprint density at radius 3 is 2.87 bits per heavy atom. The maximum Gasteiger partial charge on any atom is 0.233 e. The third-order valence-electron chi connectivity index (χ3n) is 2.62. The second kappa shape index (κ2) is 5.08. The number of pyridine rings is 1. The molecule has 0 N–H and O–H groups in total. The van der Waals surface area contributed by atoms with Crippen molar-refractivity contribution >= 4 is 23.4 Å². The first-order valence-corrected chi connectivity index (χ1v) is 6.76. The molecule has 4 heteroatoms. The van der Waals surface area contributed by atoms with Gasteiger partial charge in [-0.1, -0.05) is 11.6 Å². The Morgan fingerprint density at radius 1 is 1.47 bits per heavy atom. The summed E-state index contributed by atoms with van der Waals surface area (Å²) in [5.41, 5.74) is 0. The molecule has 1 aliphatic carbocycles. The molecule has 0 saturated heterocycles. The van der Waals surface area contributed by atoms with Crippen LogP contribution in [0.3, 0.4) is 0 Å². The van der Waals surface area contributed by atoms with Crippen LogP contribution in [0.15, 0.2) is 17.2 Å². The Balaban J connectivity index is 2.13. The summed E-state index contributed by atoms with van der Waals surface area (Å²) in [7, 11) is 0. The molecule has 82 valence electrons. The van der Waals surface area contributed by atoms with Gasteiger partial charge in [-0.2, -0.15) is 0 Å². The van der Waals surface area contributed by atoms with Gasteiger partial charge in [-0.15, -0.1) is 11.8 Å². The van der Waals surface area contributed by atoms with Crippen molar-refractivity contribution < 1.29 is 4.74 Å². The van der Waals surface area contributed by atoms with Crippen molar-refractivity contribution in [3.05, 3.63) is 17.3 Å². The van der Waals surface area contributed by atoms with E-state index in [0.29, 0.717) is 17.0 Å². The predicted octanol–water partition coefficient (Wildman–Crippen LogP) is 3.78. The molecule has 1 aliphatic rings. The normalized spacial score (nSPS) is 16.9. The largest absolute Gasteiger partial charge is 0.473 e. The number of aromatic nitrogens is 1. The first-order chi connectivity index (χ1) is 7.31. The van der Waals surface area contributed by atoms with Crippen LogP contribution in [0.5, 0.6) is 5.88 Å². The van der Waals surface area contributed by atoms with Gasteiger partial charge >= 0.3 is 0 Å². The van der Waals surface area contributed by atoms with Crippen LogP contribution in [-0.4, -0.2) is 17.3 Å². The van der Waals surface area contributed by atoms with E-state index in [4.69, 9.17) is 16.3 Å². The monoisotopic (exact) mass is 243 g/mol. The first-order valence-electron chi connectivity index (χ1n) is 5.16. The lowest BCUT2D eigenvalue weighted by Crippen LogP contribution is -2.12. The summed E-state index contributed by atoms with van der Waals surface area (Å²) in [5, 5.41) is 0.650. The molecule has 1 saturated carbocycles. The molecule has 0 radical (unpaired) electrons. The number of hydrogen-bond acceptors (Lipinski definition) is 3. The molecule has 0 spiro atoms. The van der Waals surface area contributed by atoms with E-state index in [1.165, 1.54) is 12.8 Å². The summed E-state index contributed by atoms with van der Waals surface area (Å²) < 4.78 is 5.79. The minimum atomic E-state index is 0.312. The lowest BCUT2D eigenvalue weighted by atomic mass is 10.3. The summed E-state index contributed by atoms with van der Waals surface area (Å²) in [5.74, 6) is 0.593. The number of nitrogens with zero attached hydrogens (tertiary/aromatic N) is 1. The molecule has 1 aromatic heterocycles. The van der Waals surface area contributed by atoms with E-state index in [0.717, 1.165) is 17.7 Å². The van der Waals surface area contributed by atoms with Crippen molar-refractivity contribution in [2.24, 2.45) is 0 Å². The molecule has 0 bridgehead atoms. The molecule has 2 nitrogen and oxygen atoms in total. The summed E-state index contributed by atoms with van der Waals surface area (Å²) >= 11 is 7.79. The molecule has 0 aliphatic heterocycles. The Hall–Kier alpha value is -0.410. The zero-order chi connectivity index (χ0) is 10.7. The van der Waals surface area contributed by atoms with E-state index >= 15 is 0 Å². The number of hydrogen-bond donors (Lipinski definition) is 0. The first kappa shape index (κ1) is 11.1. The van der Waals surface area contributed by atoms with Gasteiger partial charge in [0.25, 0.3) is 0 Å². The van der Waals surface area contributed by atoms with Crippen molar-refractivity contribution in [2.75, 3.05) is 6.26 Å². The highest BCUT2D eigenvalue weighted by atomic mass is 35.5. The van der Waals surface area contributed by atoms with Crippen LogP contribution in [0.4, 0.5) is 0 Å². The highest BCUT2D eigenvalue weighted by Crippen LogP contribution is 2.33. The second-order valence-electron chi connectivity index (χ2n) is 3.66. The SMILES string of the molecule is CSc1ccnc(OC2CCCC2)c1Cl. The van der Waals surface area contributed by atoms with Crippen LogP contribution in [0, 0.1) is 0 Å². The smallest absolute Gasteiger partial charge is 0.233 e. The van der Waals surface area contributed by atoms with E-state index in [-0.39, 0.29) is 0 Å². The maximum atomic E-state index is 6.18. The highest BCUT2D eigenvalue weighted by Gasteiger charge is 2.19. The van der Waals surface area contributed by atoms with Crippen LogP contribution < -0.4 is 4.74 Å². The number of thioether (sulfide) groups is 1. The van der Waals surface area contributed by atoms with Crippen LogP contribution in [0.25, 0.3) is 0 Å². The van der Waals surface area contributed by atoms with Crippen LogP contribution in [0.2, 0.25) is 5.02 Å². The second-order valence-corrected chi connectivity index (χ2v) is 4.88. The summed E-state index contributed by atoms with van der Waals surface area (Å²) in [4.78, 5) is 5.21. The topological polar surface area (TPSA) is 22.1 Å². The third-order valence-corrected chi connectivity index (χ3v) is 3.88. The molecule has 1 aromatic rings. The zero-order valence-corrected chi connectivity index (χ0v) is 10.3. The summed E-state index contributed by atoms with van der Waals surface area (Å²) in [6.07, 6.45) is 8.83. The molecule has 1 fully saturated rings. The summed E-state index contributed by atoms with van der Waals surface area (Å²) in [6.45, 7) is 0.